The van der Waals surface area contributed by atoms with Gasteiger partial charge in [-0.3, -0.25) is 0 Å². The summed E-state index contributed by atoms with van der Waals surface area (Å²) >= 11 is 5.02. The van der Waals surface area contributed by atoms with E-state index in [1.165, 1.54) is 0 Å². The van der Waals surface area contributed by atoms with Crippen molar-refractivity contribution in [2.75, 3.05) is 12.4 Å². The van der Waals surface area contributed by atoms with Crippen LogP contribution in [-0.2, 0) is 0 Å². The summed E-state index contributed by atoms with van der Waals surface area (Å²) in [4.78, 5) is 4.61. The van der Waals surface area contributed by atoms with Crippen LogP contribution in [0.5, 0.6) is 5.75 Å². The largest absolute Gasteiger partial charge is 0.497 e. The number of hydrogen-bond donors (Lipinski definition) is 1. The summed E-state index contributed by atoms with van der Waals surface area (Å²) in [5, 5.41) is 6.21. The lowest BCUT2D eigenvalue weighted by atomic mass is 10.2. The molecule has 114 valence electrons. The van der Waals surface area contributed by atoms with Gasteiger partial charge in [-0.1, -0.05) is 34.1 Å². The number of thiazole rings is 1. The Bertz CT molecular complexity index is 744. The predicted octanol–water partition coefficient (Wildman–Crippen LogP) is 5.90. The molecule has 0 fully saturated rings. The Morgan fingerprint density at radius 2 is 1.91 bits per heavy atom. The molecule has 0 atom stereocenters. The molecule has 3 aromatic rings. The Morgan fingerprint density at radius 1 is 1.14 bits per heavy atom. The molecule has 0 aliphatic heterocycles. The number of aromatic nitrogens is 1. The van der Waals surface area contributed by atoms with E-state index >= 15 is 0 Å². The van der Waals surface area contributed by atoms with Crippen molar-refractivity contribution in [2.45, 2.75) is 0 Å². The molecule has 6 heteroatoms. The Balaban J connectivity index is 0.00000176. The summed E-state index contributed by atoms with van der Waals surface area (Å²) < 4.78 is 6.28. The third-order valence-electron chi connectivity index (χ3n) is 2.97. The fourth-order valence-corrected chi connectivity index (χ4v) is 2.91. The maximum atomic E-state index is 5.22. The molecule has 3 nitrogen and oxygen atoms in total. The quantitative estimate of drug-likeness (QED) is 0.546. The summed E-state index contributed by atoms with van der Waals surface area (Å²) in [5.41, 5.74) is 3.04. The monoisotopic (exact) mass is 440 g/mol. The van der Waals surface area contributed by atoms with E-state index in [4.69, 9.17) is 4.74 Å². The van der Waals surface area contributed by atoms with Crippen molar-refractivity contribution in [3.8, 4) is 17.0 Å². The fraction of sp³-hybridized carbons (Fsp3) is 0.0625. The molecule has 0 saturated carbocycles. The van der Waals surface area contributed by atoms with Crippen LogP contribution in [-0.4, -0.2) is 12.1 Å². The van der Waals surface area contributed by atoms with Crippen molar-refractivity contribution in [2.24, 2.45) is 0 Å². The molecule has 0 spiro atoms. The first-order valence-corrected chi connectivity index (χ1v) is 8.04. The van der Waals surface area contributed by atoms with Gasteiger partial charge in [-0.05, 0) is 24.3 Å². The lowest BCUT2D eigenvalue weighted by Crippen LogP contribution is -1.90. The number of nitrogens with zero attached hydrogens (tertiary/aromatic N) is 1. The second-order valence-electron chi connectivity index (χ2n) is 4.40. The second kappa shape index (κ2) is 7.76. The van der Waals surface area contributed by atoms with E-state index in [-0.39, 0.29) is 17.0 Å². The SMILES string of the molecule is Br.COc1cccc(Nc2nc(-c3ccc(Br)cc3)cs2)c1. The first-order chi connectivity index (χ1) is 10.2. The number of halogens is 2. The van der Waals surface area contributed by atoms with E-state index < -0.39 is 0 Å². The standard InChI is InChI=1S/C16H13BrN2OS.BrH/c1-20-14-4-2-3-13(9-14)18-16-19-15(10-21-16)11-5-7-12(17)8-6-11;/h2-10H,1H3,(H,18,19);1H. The van der Waals surface area contributed by atoms with Gasteiger partial charge in [0, 0.05) is 27.2 Å². The Morgan fingerprint density at radius 3 is 2.64 bits per heavy atom. The number of ether oxygens (including phenoxy) is 1. The molecule has 0 aliphatic rings. The molecule has 3 rings (SSSR count). The van der Waals surface area contributed by atoms with E-state index in [1.54, 1.807) is 18.4 Å². The van der Waals surface area contributed by atoms with Gasteiger partial charge in [0.25, 0.3) is 0 Å². The molecule has 0 bridgehead atoms. The molecule has 1 heterocycles. The summed E-state index contributed by atoms with van der Waals surface area (Å²) in [6.45, 7) is 0. The third-order valence-corrected chi connectivity index (χ3v) is 4.25. The molecule has 2 aromatic carbocycles. The molecule has 0 aliphatic carbocycles. The summed E-state index contributed by atoms with van der Waals surface area (Å²) in [6.07, 6.45) is 0. The van der Waals surface area contributed by atoms with Crippen molar-refractivity contribution in [3.63, 3.8) is 0 Å². The summed E-state index contributed by atoms with van der Waals surface area (Å²) in [7, 11) is 1.66. The minimum Gasteiger partial charge on any atom is -0.497 e. The van der Waals surface area contributed by atoms with Gasteiger partial charge in [0.1, 0.15) is 5.75 Å². The van der Waals surface area contributed by atoms with Gasteiger partial charge in [0.05, 0.1) is 12.8 Å². The number of methoxy groups -OCH3 is 1. The van der Waals surface area contributed by atoms with E-state index in [9.17, 15) is 0 Å². The molecule has 1 aromatic heterocycles. The maximum Gasteiger partial charge on any atom is 0.187 e. The lowest BCUT2D eigenvalue weighted by molar-refractivity contribution is 0.415. The predicted molar refractivity (Wildman–Crippen MR) is 102 cm³/mol. The number of anilines is 2. The summed E-state index contributed by atoms with van der Waals surface area (Å²) in [5.74, 6) is 0.824. The van der Waals surface area contributed by atoms with Crippen molar-refractivity contribution < 1.29 is 4.74 Å². The first kappa shape index (κ1) is 17.0. The third kappa shape index (κ3) is 4.09. The van der Waals surface area contributed by atoms with Gasteiger partial charge >= 0.3 is 0 Å². The minimum absolute atomic E-state index is 0. The van der Waals surface area contributed by atoms with Crippen molar-refractivity contribution in [3.05, 3.63) is 58.4 Å². The van der Waals surface area contributed by atoms with E-state index in [0.29, 0.717) is 0 Å². The molecule has 0 amide bonds. The number of benzene rings is 2. The van der Waals surface area contributed by atoms with Crippen LogP contribution in [0, 0.1) is 0 Å². The van der Waals surface area contributed by atoms with Gasteiger partial charge in [-0.25, -0.2) is 4.98 Å². The highest BCUT2D eigenvalue weighted by molar-refractivity contribution is 9.10. The van der Waals surface area contributed by atoms with Gasteiger partial charge in [0.2, 0.25) is 0 Å². The van der Waals surface area contributed by atoms with Crippen molar-refractivity contribution >= 4 is 55.1 Å². The van der Waals surface area contributed by atoms with Crippen LogP contribution in [0.3, 0.4) is 0 Å². The minimum atomic E-state index is 0. The number of hydrogen-bond acceptors (Lipinski definition) is 4. The van der Waals surface area contributed by atoms with Crippen LogP contribution in [0.25, 0.3) is 11.3 Å². The molecule has 1 N–H and O–H groups in total. The highest BCUT2D eigenvalue weighted by atomic mass is 79.9. The molecular weight excluding hydrogens is 428 g/mol. The zero-order chi connectivity index (χ0) is 14.7. The van der Waals surface area contributed by atoms with Crippen LogP contribution >= 0.6 is 44.2 Å². The van der Waals surface area contributed by atoms with Crippen LogP contribution < -0.4 is 10.1 Å². The molecule has 0 radical (unpaired) electrons. The molecule has 0 saturated heterocycles. The smallest absolute Gasteiger partial charge is 0.187 e. The first-order valence-electron chi connectivity index (χ1n) is 6.37. The van der Waals surface area contributed by atoms with Gasteiger partial charge in [-0.2, -0.15) is 0 Å². The lowest BCUT2D eigenvalue weighted by Gasteiger charge is -2.04. The van der Waals surface area contributed by atoms with Crippen LogP contribution in [0.15, 0.2) is 58.4 Å². The van der Waals surface area contributed by atoms with Gasteiger partial charge in [-0.15, -0.1) is 28.3 Å². The average Bonchev–Trinajstić information content (AvgIpc) is 2.96. The Labute approximate surface area is 152 Å². The zero-order valence-electron chi connectivity index (χ0n) is 11.7. The maximum absolute atomic E-state index is 5.22. The summed E-state index contributed by atoms with van der Waals surface area (Å²) in [6, 6.07) is 15.9. The van der Waals surface area contributed by atoms with Gasteiger partial charge in [0.15, 0.2) is 5.13 Å². The Kier molecular flexibility index (Phi) is 5.99. The number of nitrogens with one attached hydrogen (secondary N) is 1. The molecule has 0 unspecified atom stereocenters. The normalized spacial score (nSPS) is 9.91. The van der Waals surface area contributed by atoms with Crippen molar-refractivity contribution in [1.82, 2.24) is 4.98 Å². The van der Waals surface area contributed by atoms with E-state index in [0.717, 1.165) is 32.3 Å². The van der Waals surface area contributed by atoms with Crippen LogP contribution in [0.4, 0.5) is 10.8 Å². The number of rotatable bonds is 4. The fourth-order valence-electron chi connectivity index (χ4n) is 1.91. The van der Waals surface area contributed by atoms with Gasteiger partial charge < -0.3 is 10.1 Å². The Hall–Kier alpha value is -1.37. The highest BCUT2D eigenvalue weighted by Crippen LogP contribution is 2.28. The average molecular weight is 442 g/mol. The van der Waals surface area contributed by atoms with Crippen LogP contribution in [0.1, 0.15) is 0 Å². The highest BCUT2D eigenvalue weighted by Gasteiger charge is 2.05. The van der Waals surface area contributed by atoms with Crippen molar-refractivity contribution in [1.29, 1.82) is 0 Å². The van der Waals surface area contributed by atoms with Crippen LogP contribution in [0.2, 0.25) is 0 Å². The second-order valence-corrected chi connectivity index (χ2v) is 6.18. The molecule has 22 heavy (non-hydrogen) atoms. The topological polar surface area (TPSA) is 34.1 Å². The molecular formula is C16H14Br2N2OS. The zero-order valence-corrected chi connectivity index (χ0v) is 15.9. The van der Waals surface area contributed by atoms with E-state index in [1.807, 2.05) is 41.8 Å². The van der Waals surface area contributed by atoms with E-state index in [2.05, 4.69) is 38.4 Å².